The third-order valence-corrected chi connectivity index (χ3v) is 4.52. The minimum absolute atomic E-state index is 0.0945. The molecule has 25 heavy (non-hydrogen) atoms. The van der Waals surface area contributed by atoms with E-state index in [0.717, 1.165) is 30.2 Å². The average Bonchev–Trinajstić information content (AvgIpc) is 2.63. The van der Waals surface area contributed by atoms with Gasteiger partial charge in [-0.3, -0.25) is 5.41 Å². The van der Waals surface area contributed by atoms with Crippen LogP contribution in [0.5, 0.6) is 0 Å². The quantitative estimate of drug-likeness (QED) is 0.804. The Morgan fingerprint density at radius 3 is 2.76 bits per heavy atom. The zero-order valence-electron chi connectivity index (χ0n) is 15.0. The third kappa shape index (κ3) is 4.25. The van der Waals surface area contributed by atoms with Gasteiger partial charge in [-0.25, -0.2) is 9.97 Å². The van der Waals surface area contributed by atoms with Crippen LogP contribution in [0.2, 0.25) is 0 Å². The van der Waals surface area contributed by atoms with Crippen molar-refractivity contribution in [2.75, 3.05) is 18.0 Å². The van der Waals surface area contributed by atoms with Crippen LogP contribution in [0.25, 0.3) is 0 Å². The smallest absolute Gasteiger partial charge is 0.132 e. The zero-order chi connectivity index (χ0) is 17.8. The van der Waals surface area contributed by atoms with E-state index in [9.17, 15) is 0 Å². The second-order valence-corrected chi connectivity index (χ2v) is 6.90. The average molecular weight is 341 g/mol. The van der Waals surface area contributed by atoms with E-state index >= 15 is 0 Å². The summed E-state index contributed by atoms with van der Waals surface area (Å²) < 4.78 is 5.77. The molecule has 0 aromatic carbocycles. The fourth-order valence-corrected chi connectivity index (χ4v) is 3.23. The van der Waals surface area contributed by atoms with Gasteiger partial charge in [-0.2, -0.15) is 0 Å². The molecule has 134 valence electrons. The van der Waals surface area contributed by atoms with Gasteiger partial charge in [0.1, 0.15) is 17.9 Å². The number of allylic oxidation sites excluding steroid dienone is 1. The first kappa shape index (κ1) is 17.6. The molecule has 3 rings (SSSR count). The fourth-order valence-electron chi connectivity index (χ4n) is 3.23. The van der Waals surface area contributed by atoms with Crippen LogP contribution in [0, 0.1) is 5.41 Å². The lowest BCUT2D eigenvalue weighted by molar-refractivity contribution is 0.155. The highest BCUT2D eigenvalue weighted by atomic mass is 16.5. The van der Waals surface area contributed by atoms with Crippen molar-refractivity contribution in [2.24, 2.45) is 5.73 Å². The Kier molecular flexibility index (Phi) is 5.48. The largest absolute Gasteiger partial charge is 0.491 e. The molecule has 0 saturated carbocycles. The van der Waals surface area contributed by atoms with E-state index in [1.807, 2.05) is 32.1 Å². The minimum atomic E-state index is -0.208. The van der Waals surface area contributed by atoms with Crippen molar-refractivity contribution in [3.8, 4) is 0 Å². The van der Waals surface area contributed by atoms with Crippen molar-refractivity contribution in [1.29, 1.82) is 5.41 Å². The van der Waals surface area contributed by atoms with Crippen LogP contribution in [-0.4, -0.2) is 40.9 Å². The highest BCUT2D eigenvalue weighted by Crippen LogP contribution is 2.23. The number of anilines is 1. The zero-order valence-corrected chi connectivity index (χ0v) is 15.0. The minimum Gasteiger partial charge on any atom is -0.491 e. The first-order valence-corrected chi connectivity index (χ1v) is 9.05. The summed E-state index contributed by atoms with van der Waals surface area (Å²) in [6, 6.07) is 1.70. The van der Waals surface area contributed by atoms with E-state index in [-0.39, 0.29) is 12.1 Å². The summed E-state index contributed by atoms with van der Waals surface area (Å²) in [5.41, 5.74) is 7.96. The molecule has 2 aliphatic rings. The number of nitrogens with zero attached hydrogens (tertiary/aromatic N) is 3. The normalized spacial score (nSPS) is 21.0. The number of piperidine rings is 1. The molecule has 0 bridgehead atoms. The Bertz CT molecular complexity index is 689. The van der Waals surface area contributed by atoms with Gasteiger partial charge in [-0.15, -0.1) is 0 Å². The predicted molar refractivity (Wildman–Crippen MR) is 99.9 cm³/mol. The van der Waals surface area contributed by atoms with Gasteiger partial charge in [-0.1, -0.05) is 0 Å². The number of nitrogens with one attached hydrogen (secondary N) is 1. The van der Waals surface area contributed by atoms with Crippen molar-refractivity contribution in [3.63, 3.8) is 0 Å². The van der Waals surface area contributed by atoms with Crippen molar-refractivity contribution in [3.05, 3.63) is 41.6 Å². The topological polar surface area (TPSA) is 88.1 Å². The molecule has 1 aromatic heterocycles. The number of ether oxygens (including phenoxy) is 1. The molecule has 2 heterocycles. The number of hydrogen-bond donors (Lipinski definition) is 2. The summed E-state index contributed by atoms with van der Waals surface area (Å²) in [6.45, 7) is 6.01. The molecule has 1 aliphatic carbocycles. The summed E-state index contributed by atoms with van der Waals surface area (Å²) >= 11 is 0. The van der Waals surface area contributed by atoms with Crippen LogP contribution >= 0.6 is 0 Å². The van der Waals surface area contributed by atoms with Crippen molar-refractivity contribution >= 4 is 11.5 Å². The highest BCUT2D eigenvalue weighted by molar-refractivity contribution is 6.10. The molecule has 1 atom stereocenters. The first-order valence-electron chi connectivity index (χ1n) is 9.05. The van der Waals surface area contributed by atoms with Crippen LogP contribution in [-0.2, 0) is 4.74 Å². The number of rotatable bonds is 5. The van der Waals surface area contributed by atoms with Crippen LogP contribution in [0.1, 0.15) is 45.2 Å². The van der Waals surface area contributed by atoms with Gasteiger partial charge in [0.05, 0.1) is 17.5 Å². The third-order valence-electron chi connectivity index (χ3n) is 4.52. The van der Waals surface area contributed by atoms with Crippen molar-refractivity contribution in [1.82, 2.24) is 9.97 Å². The van der Waals surface area contributed by atoms with E-state index < -0.39 is 0 Å². The van der Waals surface area contributed by atoms with Crippen LogP contribution in [0.3, 0.4) is 0 Å². The number of nitrogens with two attached hydrogens (primary N) is 1. The van der Waals surface area contributed by atoms with E-state index in [1.165, 1.54) is 19.3 Å². The van der Waals surface area contributed by atoms with Gasteiger partial charge < -0.3 is 15.4 Å². The monoisotopic (exact) mass is 341 g/mol. The lowest BCUT2D eigenvalue weighted by Crippen LogP contribution is -2.31. The maximum Gasteiger partial charge on any atom is 0.132 e. The van der Waals surface area contributed by atoms with E-state index in [2.05, 4.69) is 14.9 Å². The lowest BCUT2D eigenvalue weighted by atomic mass is 9.93. The molecule has 6 heteroatoms. The van der Waals surface area contributed by atoms with Gasteiger partial charge in [-0.05, 0) is 57.3 Å². The van der Waals surface area contributed by atoms with Crippen molar-refractivity contribution in [2.45, 2.75) is 51.7 Å². The molecule has 6 nitrogen and oxygen atoms in total. The Morgan fingerprint density at radius 2 is 2.04 bits per heavy atom. The second-order valence-electron chi connectivity index (χ2n) is 6.90. The Labute approximate surface area is 149 Å². The molecule has 1 saturated heterocycles. The van der Waals surface area contributed by atoms with Crippen LogP contribution in [0.4, 0.5) is 5.82 Å². The van der Waals surface area contributed by atoms with Crippen molar-refractivity contribution < 1.29 is 4.74 Å². The first-order chi connectivity index (χ1) is 12.0. The highest BCUT2D eigenvalue weighted by Gasteiger charge is 2.22. The fraction of sp³-hybridized carbons (Fsp3) is 0.526. The van der Waals surface area contributed by atoms with Gasteiger partial charge in [0.15, 0.2) is 0 Å². The molecule has 1 unspecified atom stereocenters. The van der Waals surface area contributed by atoms with Crippen LogP contribution in [0.15, 0.2) is 35.9 Å². The molecule has 1 fully saturated rings. The summed E-state index contributed by atoms with van der Waals surface area (Å²) in [5.74, 6) is 1.68. The number of hydrogen-bond acceptors (Lipinski definition) is 6. The summed E-state index contributed by atoms with van der Waals surface area (Å²) in [7, 11) is 0. The lowest BCUT2D eigenvalue weighted by Gasteiger charge is -2.28. The Morgan fingerprint density at radius 1 is 1.28 bits per heavy atom. The van der Waals surface area contributed by atoms with E-state index in [1.54, 1.807) is 6.33 Å². The van der Waals surface area contributed by atoms with E-state index in [0.29, 0.717) is 17.8 Å². The van der Waals surface area contributed by atoms with Gasteiger partial charge in [0.2, 0.25) is 0 Å². The van der Waals surface area contributed by atoms with E-state index in [4.69, 9.17) is 15.9 Å². The molecule has 3 N–H and O–H groups in total. The predicted octanol–water partition coefficient (Wildman–Crippen LogP) is 2.80. The Balaban J connectivity index is 1.82. The SMILES string of the molecule is CC(C)OC1=CCC(N)C(C(=N)c2cc(N3CCCCC3)ncn2)=C1. The summed E-state index contributed by atoms with van der Waals surface area (Å²) in [4.78, 5) is 11.0. The standard InChI is InChI=1S/C19H27N5O/c1-13(2)25-14-6-7-16(20)15(10-14)19(21)17-11-18(23-12-22-17)24-8-4-3-5-9-24/h6,10-13,16,21H,3-5,7-9,20H2,1-2H3. The van der Waals surface area contributed by atoms with Crippen LogP contribution < -0.4 is 10.6 Å². The molecule has 0 spiro atoms. The maximum absolute atomic E-state index is 8.60. The summed E-state index contributed by atoms with van der Waals surface area (Å²) in [6.07, 6.45) is 9.82. The second kappa shape index (κ2) is 7.78. The molecule has 0 amide bonds. The molecule has 1 aliphatic heterocycles. The molecular formula is C19H27N5O. The molecule has 1 aromatic rings. The Hall–Kier alpha value is -2.21. The van der Waals surface area contributed by atoms with Gasteiger partial charge >= 0.3 is 0 Å². The number of aromatic nitrogens is 2. The maximum atomic E-state index is 8.60. The molecule has 0 radical (unpaired) electrons. The van der Waals surface area contributed by atoms with Gasteiger partial charge in [0.25, 0.3) is 0 Å². The van der Waals surface area contributed by atoms with Gasteiger partial charge in [0, 0.05) is 25.2 Å². The molecular weight excluding hydrogens is 314 g/mol. The summed E-state index contributed by atoms with van der Waals surface area (Å²) in [5, 5.41) is 8.60.